The van der Waals surface area contributed by atoms with E-state index in [0.29, 0.717) is 12.8 Å². The summed E-state index contributed by atoms with van der Waals surface area (Å²) in [5.41, 5.74) is -0.786. The maximum absolute atomic E-state index is 12.7. The maximum Gasteiger partial charge on any atom is 0.391 e. The molecule has 0 amide bonds. The highest BCUT2D eigenvalue weighted by molar-refractivity contribution is 5.98. The molecule has 2 unspecified atom stereocenters. The second-order valence-electron chi connectivity index (χ2n) is 4.94. The Balaban J connectivity index is 2.28. The van der Waals surface area contributed by atoms with Crippen molar-refractivity contribution in [3.8, 4) is 0 Å². The van der Waals surface area contributed by atoms with Crippen molar-refractivity contribution in [2.75, 3.05) is 0 Å². The minimum Gasteiger partial charge on any atom is -0.476 e. The smallest absolute Gasteiger partial charge is 0.391 e. The van der Waals surface area contributed by atoms with Crippen LogP contribution in [-0.2, 0) is 0 Å². The third-order valence-corrected chi connectivity index (χ3v) is 3.53. The number of aromatic carboxylic acids is 2. The van der Waals surface area contributed by atoms with Crippen LogP contribution < -0.4 is 0 Å². The van der Waals surface area contributed by atoms with E-state index < -0.39 is 41.4 Å². The summed E-state index contributed by atoms with van der Waals surface area (Å²) in [7, 11) is 0. The fourth-order valence-electron chi connectivity index (χ4n) is 2.51. The summed E-state index contributed by atoms with van der Waals surface area (Å²) in [6.07, 6.45) is -3.97. The van der Waals surface area contributed by atoms with E-state index in [1.807, 2.05) is 0 Å². The minimum atomic E-state index is -4.34. The number of carboxylic acids is 2. The number of carbonyl (C=O) groups is 2. The minimum absolute atomic E-state index is 0.00170. The summed E-state index contributed by atoms with van der Waals surface area (Å²) in [4.78, 5) is 25.3. The summed E-state index contributed by atoms with van der Waals surface area (Å²) in [5.74, 6) is -6.55. The topological polar surface area (TPSA) is 101 Å². The van der Waals surface area contributed by atoms with Crippen molar-refractivity contribution in [1.29, 1.82) is 0 Å². The van der Waals surface area contributed by atoms with Gasteiger partial charge in [0, 0.05) is 5.92 Å². The highest BCUT2D eigenvalue weighted by atomic mass is 19.4. The number of nitrogens with zero attached hydrogens (tertiary/aromatic N) is 1. The van der Waals surface area contributed by atoms with E-state index in [0.717, 1.165) is 0 Å². The molecular formula is C12H12F3NO5. The standard InChI is InChI=1S/C12H12F3NO5/c13-12(14,15)6-3-1-2-5(4-6)9-16-7(10(17)18)8(21-9)11(19)20/h5-6H,1-4H2,(H,17,18)(H,19,20). The molecule has 1 aliphatic carbocycles. The first kappa shape index (κ1) is 15.3. The third-order valence-electron chi connectivity index (χ3n) is 3.53. The summed E-state index contributed by atoms with van der Waals surface area (Å²) in [6.45, 7) is 0. The van der Waals surface area contributed by atoms with E-state index in [-0.39, 0.29) is 18.7 Å². The quantitative estimate of drug-likeness (QED) is 0.890. The van der Waals surface area contributed by atoms with Crippen molar-refractivity contribution < 1.29 is 37.4 Å². The third kappa shape index (κ3) is 3.17. The lowest BCUT2D eigenvalue weighted by Crippen LogP contribution is -2.28. The Bertz CT molecular complexity index is 534. The average molecular weight is 307 g/mol. The molecular weight excluding hydrogens is 295 g/mol. The molecule has 6 nitrogen and oxygen atoms in total. The Morgan fingerprint density at radius 2 is 1.86 bits per heavy atom. The molecule has 0 radical (unpaired) electrons. The molecule has 2 atom stereocenters. The first-order valence-corrected chi connectivity index (χ1v) is 6.24. The van der Waals surface area contributed by atoms with Crippen LogP contribution in [0.25, 0.3) is 0 Å². The molecule has 0 saturated heterocycles. The van der Waals surface area contributed by atoms with E-state index in [4.69, 9.17) is 14.6 Å². The number of hydrogen-bond acceptors (Lipinski definition) is 4. The Morgan fingerprint density at radius 1 is 1.19 bits per heavy atom. The predicted octanol–water partition coefficient (Wildman–Crippen LogP) is 2.91. The van der Waals surface area contributed by atoms with E-state index >= 15 is 0 Å². The van der Waals surface area contributed by atoms with E-state index in [9.17, 15) is 22.8 Å². The van der Waals surface area contributed by atoms with Crippen molar-refractivity contribution in [3.63, 3.8) is 0 Å². The molecule has 0 spiro atoms. The fourth-order valence-corrected chi connectivity index (χ4v) is 2.51. The van der Waals surface area contributed by atoms with Gasteiger partial charge in [0.05, 0.1) is 5.92 Å². The molecule has 1 aliphatic rings. The molecule has 1 heterocycles. The molecule has 0 aliphatic heterocycles. The Kier molecular flexibility index (Phi) is 3.93. The first-order chi connectivity index (χ1) is 9.70. The van der Waals surface area contributed by atoms with Crippen LogP contribution >= 0.6 is 0 Å². The van der Waals surface area contributed by atoms with Gasteiger partial charge in [-0.25, -0.2) is 14.6 Å². The molecule has 1 saturated carbocycles. The first-order valence-electron chi connectivity index (χ1n) is 6.24. The zero-order chi connectivity index (χ0) is 15.8. The monoisotopic (exact) mass is 307 g/mol. The van der Waals surface area contributed by atoms with Crippen molar-refractivity contribution >= 4 is 11.9 Å². The molecule has 2 rings (SSSR count). The van der Waals surface area contributed by atoms with Crippen LogP contribution in [0.1, 0.15) is 58.5 Å². The molecule has 1 fully saturated rings. The SMILES string of the molecule is O=C(O)c1nc(C2CCCC(C(F)(F)F)C2)oc1C(=O)O. The Morgan fingerprint density at radius 3 is 2.33 bits per heavy atom. The predicted molar refractivity (Wildman–Crippen MR) is 61.2 cm³/mol. The zero-order valence-corrected chi connectivity index (χ0v) is 10.7. The van der Waals surface area contributed by atoms with Gasteiger partial charge < -0.3 is 14.6 Å². The second kappa shape index (κ2) is 5.38. The van der Waals surface area contributed by atoms with Gasteiger partial charge in [0.2, 0.25) is 11.5 Å². The molecule has 0 bridgehead atoms. The zero-order valence-electron chi connectivity index (χ0n) is 10.7. The van der Waals surface area contributed by atoms with Crippen LogP contribution in [0.5, 0.6) is 0 Å². The van der Waals surface area contributed by atoms with Gasteiger partial charge in [-0.15, -0.1) is 0 Å². The van der Waals surface area contributed by atoms with Gasteiger partial charge in [-0.2, -0.15) is 13.2 Å². The normalized spacial score (nSPS) is 23.0. The highest BCUT2D eigenvalue weighted by Crippen LogP contribution is 2.43. The van der Waals surface area contributed by atoms with E-state index in [2.05, 4.69) is 4.98 Å². The lowest BCUT2D eigenvalue weighted by Gasteiger charge is -2.28. The summed E-state index contributed by atoms with van der Waals surface area (Å²) >= 11 is 0. The largest absolute Gasteiger partial charge is 0.476 e. The van der Waals surface area contributed by atoms with Gasteiger partial charge in [-0.3, -0.25) is 0 Å². The van der Waals surface area contributed by atoms with Gasteiger partial charge >= 0.3 is 18.1 Å². The van der Waals surface area contributed by atoms with Crippen LogP contribution in [0.3, 0.4) is 0 Å². The van der Waals surface area contributed by atoms with Gasteiger partial charge in [-0.05, 0) is 19.3 Å². The fraction of sp³-hybridized carbons (Fsp3) is 0.583. The van der Waals surface area contributed by atoms with Crippen molar-refractivity contribution in [3.05, 3.63) is 17.3 Å². The van der Waals surface area contributed by atoms with Gasteiger partial charge in [0.1, 0.15) is 0 Å². The molecule has 21 heavy (non-hydrogen) atoms. The van der Waals surface area contributed by atoms with Crippen LogP contribution in [-0.4, -0.2) is 33.3 Å². The number of alkyl halides is 3. The Labute approximate surface area is 116 Å². The van der Waals surface area contributed by atoms with Crippen LogP contribution in [0, 0.1) is 5.92 Å². The lowest BCUT2D eigenvalue weighted by molar-refractivity contribution is -0.183. The maximum atomic E-state index is 12.7. The highest BCUT2D eigenvalue weighted by Gasteiger charge is 2.43. The van der Waals surface area contributed by atoms with E-state index in [1.165, 1.54) is 0 Å². The van der Waals surface area contributed by atoms with E-state index in [1.54, 1.807) is 0 Å². The molecule has 116 valence electrons. The summed E-state index contributed by atoms with van der Waals surface area (Å²) < 4.78 is 43.1. The molecule has 1 aromatic heterocycles. The number of aromatic nitrogens is 1. The summed E-state index contributed by atoms with van der Waals surface area (Å²) in [5, 5.41) is 17.7. The molecule has 0 aromatic carbocycles. The van der Waals surface area contributed by atoms with Crippen LogP contribution in [0.4, 0.5) is 13.2 Å². The summed E-state index contributed by atoms with van der Waals surface area (Å²) in [6, 6.07) is 0. The van der Waals surface area contributed by atoms with Gasteiger partial charge in [-0.1, -0.05) is 6.42 Å². The number of rotatable bonds is 3. The van der Waals surface area contributed by atoms with Crippen LogP contribution in [0.2, 0.25) is 0 Å². The average Bonchev–Trinajstić information content (AvgIpc) is 2.83. The number of hydrogen-bond donors (Lipinski definition) is 2. The molecule has 2 N–H and O–H groups in total. The van der Waals surface area contributed by atoms with Gasteiger partial charge in [0.15, 0.2) is 5.89 Å². The van der Waals surface area contributed by atoms with Crippen molar-refractivity contribution in [1.82, 2.24) is 4.98 Å². The van der Waals surface area contributed by atoms with Crippen molar-refractivity contribution in [2.45, 2.75) is 37.8 Å². The van der Waals surface area contributed by atoms with Gasteiger partial charge in [0.25, 0.3) is 0 Å². The number of oxazole rings is 1. The van der Waals surface area contributed by atoms with Crippen molar-refractivity contribution in [2.24, 2.45) is 5.92 Å². The number of carboxylic acid groups (broad SMARTS) is 2. The van der Waals surface area contributed by atoms with Crippen LogP contribution in [0.15, 0.2) is 4.42 Å². The molecule has 1 aromatic rings. The Hall–Kier alpha value is -2.06. The lowest BCUT2D eigenvalue weighted by atomic mass is 9.81. The molecule has 9 heteroatoms. The number of halogens is 3. The second-order valence-corrected chi connectivity index (χ2v) is 4.94.